The summed E-state index contributed by atoms with van der Waals surface area (Å²) in [7, 11) is 0. The van der Waals surface area contributed by atoms with Gasteiger partial charge < -0.3 is 37.0 Å². The van der Waals surface area contributed by atoms with Gasteiger partial charge in [-0.25, -0.2) is 4.79 Å². The lowest BCUT2D eigenvalue weighted by Gasteiger charge is -2.26. The number of carboxylic acid groups (broad SMARTS) is 1. The average Bonchev–Trinajstić information content (AvgIpc) is 2.55. The molecule has 0 aromatic carbocycles. The lowest BCUT2D eigenvalue weighted by atomic mass is 10.0. The summed E-state index contributed by atoms with van der Waals surface area (Å²) in [6.07, 6.45) is -1.10. The van der Waals surface area contributed by atoms with Gasteiger partial charge in [-0.05, 0) is 26.2 Å². The summed E-state index contributed by atoms with van der Waals surface area (Å²) < 4.78 is 0. The van der Waals surface area contributed by atoms with Crippen LogP contribution in [0.5, 0.6) is 0 Å². The highest BCUT2D eigenvalue weighted by Crippen LogP contribution is 2.07. The molecule has 0 radical (unpaired) electrons. The van der Waals surface area contributed by atoms with E-state index >= 15 is 0 Å². The Morgan fingerprint density at radius 1 is 0.889 bits per heavy atom. The van der Waals surface area contributed by atoms with Crippen LogP contribution in [0.3, 0.4) is 0 Å². The molecule has 11 nitrogen and oxygen atoms in total. The van der Waals surface area contributed by atoms with Gasteiger partial charge in [0.1, 0.15) is 18.1 Å². The second-order valence-corrected chi connectivity index (χ2v) is 6.79. The standard InChI is InChI=1S/C16H30N4O7/c1-7(2)5-10(18-13(23)8(3)17)14(24)20-12(9(4)22)15(25)19-11(6-21)16(26)27/h7-12,21-22H,5-6,17H2,1-4H3,(H,18,23)(H,19,25)(H,20,24)(H,26,27). The van der Waals surface area contributed by atoms with Crippen molar-refractivity contribution in [2.24, 2.45) is 11.7 Å². The van der Waals surface area contributed by atoms with Crippen molar-refractivity contribution in [2.75, 3.05) is 6.61 Å². The maximum absolute atomic E-state index is 12.5. The van der Waals surface area contributed by atoms with E-state index in [0.717, 1.165) is 0 Å². The van der Waals surface area contributed by atoms with Gasteiger partial charge in [-0.2, -0.15) is 0 Å². The minimum Gasteiger partial charge on any atom is -0.480 e. The van der Waals surface area contributed by atoms with E-state index in [1.807, 2.05) is 19.2 Å². The Hall–Kier alpha value is -2.24. The van der Waals surface area contributed by atoms with E-state index in [9.17, 15) is 24.3 Å². The second kappa shape index (κ2) is 11.5. The molecule has 5 unspecified atom stereocenters. The molecule has 0 saturated heterocycles. The van der Waals surface area contributed by atoms with Gasteiger partial charge in [0.25, 0.3) is 0 Å². The Morgan fingerprint density at radius 3 is 1.78 bits per heavy atom. The van der Waals surface area contributed by atoms with Gasteiger partial charge in [-0.15, -0.1) is 0 Å². The fourth-order valence-corrected chi connectivity index (χ4v) is 2.11. The van der Waals surface area contributed by atoms with Crippen LogP contribution in [-0.2, 0) is 19.2 Å². The number of rotatable bonds is 11. The Morgan fingerprint density at radius 2 is 1.41 bits per heavy atom. The third-order valence-corrected chi connectivity index (χ3v) is 3.61. The van der Waals surface area contributed by atoms with Gasteiger partial charge in [0.2, 0.25) is 17.7 Å². The highest BCUT2D eigenvalue weighted by molar-refractivity contribution is 5.94. The van der Waals surface area contributed by atoms with E-state index in [4.69, 9.17) is 15.9 Å². The Bertz CT molecular complexity index is 537. The van der Waals surface area contributed by atoms with Gasteiger partial charge in [0.15, 0.2) is 0 Å². The van der Waals surface area contributed by atoms with Crippen molar-refractivity contribution in [3.05, 3.63) is 0 Å². The lowest BCUT2D eigenvalue weighted by molar-refractivity contribution is -0.144. The topological polar surface area (TPSA) is 191 Å². The van der Waals surface area contributed by atoms with Crippen molar-refractivity contribution < 1.29 is 34.5 Å². The number of aliphatic carboxylic acids is 1. The molecule has 0 saturated carbocycles. The highest BCUT2D eigenvalue weighted by atomic mass is 16.4. The quantitative estimate of drug-likeness (QED) is 0.198. The van der Waals surface area contributed by atoms with Crippen molar-refractivity contribution in [1.29, 1.82) is 0 Å². The third kappa shape index (κ3) is 8.80. The van der Waals surface area contributed by atoms with Crippen LogP contribution in [0.4, 0.5) is 0 Å². The molecule has 0 spiro atoms. The van der Waals surface area contributed by atoms with E-state index in [-0.39, 0.29) is 12.3 Å². The van der Waals surface area contributed by atoms with Crippen molar-refractivity contribution in [2.45, 2.75) is 64.4 Å². The number of amides is 3. The van der Waals surface area contributed by atoms with Crippen molar-refractivity contribution in [1.82, 2.24) is 16.0 Å². The minimum absolute atomic E-state index is 0.0266. The Kier molecular flexibility index (Phi) is 10.5. The highest BCUT2D eigenvalue weighted by Gasteiger charge is 2.32. The molecule has 0 fully saturated rings. The van der Waals surface area contributed by atoms with Gasteiger partial charge in [0, 0.05) is 0 Å². The molecule has 27 heavy (non-hydrogen) atoms. The van der Waals surface area contributed by atoms with Crippen LogP contribution in [-0.4, -0.2) is 75.9 Å². The fourth-order valence-electron chi connectivity index (χ4n) is 2.11. The van der Waals surface area contributed by atoms with E-state index in [1.165, 1.54) is 13.8 Å². The number of carbonyl (C=O) groups excluding carboxylic acids is 3. The van der Waals surface area contributed by atoms with E-state index in [0.29, 0.717) is 0 Å². The first-order valence-electron chi connectivity index (χ1n) is 8.59. The van der Waals surface area contributed by atoms with Crippen LogP contribution < -0.4 is 21.7 Å². The van der Waals surface area contributed by atoms with Gasteiger partial charge in [-0.1, -0.05) is 13.8 Å². The molecule has 5 atom stereocenters. The van der Waals surface area contributed by atoms with Crippen molar-refractivity contribution in [3.8, 4) is 0 Å². The first-order chi connectivity index (χ1) is 12.4. The summed E-state index contributed by atoms with van der Waals surface area (Å²) in [6, 6.07) is -4.90. The van der Waals surface area contributed by atoms with E-state index in [1.54, 1.807) is 0 Å². The first-order valence-corrected chi connectivity index (χ1v) is 8.59. The maximum Gasteiger partial charge on any atom is 0.328 e. The zero-order valence-corrected chi connectivity index (χ0v) is 15.9. The van der Waals surface area contributed by atoms with Crippen molar-refractivity contribution >= 4 is 23.7 Å². The minimum atomic E-state index is -1.58. The number of carbonyl (C=O) groups is 4. The molecule has 0 aliphatic carbocycles. The number of carboxylic acids is 1. The largest absolute Gasteiger partial charge is 0.480 e. The molecule has 0 aromatic heterocycles. The first kappa shape index (κ1) is 24.8. The normalized spacial score (nSPS) is 16.6. The predicted molar refractivity (Wildman–Crippen MR) is 95.3 cm³/mol. The van der Waals surface area contributed by atoms with Crippen LogP contribution in [0.15, 0.2) is 0 Å². The number of hydrogen-bond donors (Lipinski definition) is 7. The second-order valence-electron chi connectivity index (χ2n) is 6.79. The fraction of sp³-hybridized carbons (Fsp3) is 0.750. The van der Waals surface area contributed by atoms with Crippen LogP contribution in [0.25, 0.3) is 0 Å². The number of aliphatic hydroxyl groups is 2. The number of hydrogen-bond acceptors (Lipinski definition) is 7. The summed E-state index contributed by atoms with van der Waals surface area (Å²) in [6.45, 7) is 5.48. The molecule has 3 amide bonds. The predicted octanol–water partition coefficient (Wildman–Crippen LogP) is -2.71. The summed E-state index contributed by atoms with van der Waals surface area (Å²) in [4.78, 5) is 47.4. The van der Waals surface area contributed by atoms with Crippen LogP contribution in [0, 0.1) is 5.92 Å². The molecule has 0 aliphatic rings. The molecule has 156 valence electrons. The number of nitrogens with two attached hydrogens (primary N) is 1. The van der Waals surface area contributed by atoms with Gasteiger partial charge >= 0.3 is 5.97 Å². The lowest BCUT2D eigenvalue weighted by Crippen LogP contribution is -2.60. The third-order valence-electron chi connectivity index (χ3n) is 3.61. The maximum atomic E-state index is 12.5. The number of nitrogens with one attached hydrogen (secondary N) is 3. The van der Waals surface area contributed by atoms with Crippen LogP contribution in [0.1, 0.15) is 34.1 Å². The zero-order chi connectivity index (χ0) is 21.3. The molecule has 0 heterocycles. The molecular weight excluding hydrogens is 360 g/mol. The molecule has 0 aliphatic heterocycles. The summed E-state index contributed by atoms with van der Waals surface area (Å²) in [5.74, 6) is -3.71. The summed E-state index contributed by atoms with van der Waals surface area (Å²) >= 11 is 0. The van der Waals surface area contributed by atoms with E-state index in [2.05, 4.69) is 10.6 Å². The average molecular weight is 390 g/mol. The molecular formula is C16H30N4O7. The molecule has 0 aromatic rings. The van der Waals surface area contributed by atoms with Gasteiger partial charge in [-0.3, -0.25) is 14.4 Å². The molecule has 0 rings (SSSR count). The molecule has 8 N–H and O–H groups in total. The zero-order valence-electron chi connectivity index (χ0n) is 15.9. The monoisotopic (exact) mass is 390 g/mol. The Balaban J connectivity index is 5.26. The molecule has 0 bridgehead atoms. The number of aliphatic hydroxyl groups excluding tert-OH is 2. The SMILES string of the molecule is CC(C)CC(NC(=O)C(C)N)C(=O)NC(C(=O)NC(CO)C(=O)O)C(C)O. The Labute approximate surface area is 157 Å². The molecule has 11 heteroatoms. The summed E-state index contributed by atoms with van der Waals surface area (Å²) in [5.41, 5.74) is 5.48. The van der Waals surface area contributed by atoms with E-state index < -0.39 is 60.6 Å². The smallest absolute Gasteiger partial charge is 0.328 e. The summed E-state index contributed by atoms with van der Waals surface area (Å²) in [5, 5.41) is 34.5. The van der Waals surface area contributed by atoms with Crippen molar-refractivity contribution in [3.63, 3.8) is 0 Å². The van der Waals surface area contributed by atoms with Crippen LogP contribution in [0.2, 0.25) is 0 Å². The van der Waals surface area contributed by atoms with Crippen LogP contribution >= 0.6 is 0 Å². The van der Waals surface area contributed by atoms with Gasteiger partial charge in [0.05, 0.1) is 18.8 Å².